The summed E-state index contributed by atoms with van der Waals surface area (Å²) in [6, 6.07) is 8.04. The molecule has 2 heterocycles. The number of nitrogens with one attached hydrogen (secondary N) is 1. The van der Waals surface area contributed by atoms with E-state index < -0.39 is 11.7 Å². The second kappa shape index (κ2) is 7.62. The van der Waals surface area contributed by atoms with Crippen LogP contribution in [0.25, 0.3) is 0 Å². The van der Waals surface area contributed by atoms with Crippen molar-refractivity contribution < 1.29 is 23.5 Å². The molecule has 0 unspecified atom stereocenters. The van der Waals surface area contributed by atoms with Crippen LogP contribution >= 0.6 is 0 Å². The van der Waals surface area contributed by atoms with Crippen molar-refractivity contribution >= 4 is 23.2 Å². The van der Waals surface area contributed by atoms with Crippen LogP contribution in [-0.4, -0.2) is 43.0 Å². The van der Waals surface area contributed by atoms with Crippen LogP contribution in [0.5, 0.6) is 11.5 Å². The second-order valence-corrected chi connectivity index (χ2v) is 7.23. The molecule has 0 spiro atoms. The van der Waals surface area contributed by atoms with Crippen molar-refractivity contribution in [2.45, 2.75) is 13.3 Å². The third-order valence-corrected chi connectivity index (χ3v) is 5.17. The number of nitrogens with two attached hydrogens (primary N) is 1. The number of amides is 2. The lowest BCUT2D eigenvalue weighted by atomic mass is 9.99. The standard InChI is InChI=1S/C21H22FN3O4/c1-2-13-16(23)4-3-5-18(13)28-10-12-8-25(9-12)21(27)14-6-17-19(7-15(14)22)29-11-20(26)24-17/h3-7,12H,2,8-11,23H2,1H3,(H,24,26). The molecule has 2 aromatic carbocycles. The zero-order valence-corrected chi connectivity index (χ0v) is 16.0. The SMILES string of the molecule is CCc1c(N)cccc1OCC1CN(C(=O)c2cc3c(cc2F)OCC(=O)N3)C1. The van der Waals surface area contributed by atoms with Crippen LogP contribution in [0.3, 0.4) is 0 Å². The molecule has 1 saturated heterocycles. The van der Waals surface area contributed by atoms with Crippen molar-refractivity contribution in [2.75, 3.05) is 37.4 Å². The number of hydrogen-bond acceptors (Lipinski definition) is 5. The minimum absolute atomic E-state index is 0.0852. The third-order valence-electron chi connectivity index (χ3n) is 5.17. The van der Waals surface area contributed by atoms with Crippen molar-refractivity contribution in [3.8, 4) is 11.5 Å². The monoisotopic (exact) mass is 399 g/mol. The van der Waals surface area contributed by atoms with Crippen molar-refractivity contribution in [1.29, 1.82) is 0 Å². The summed E-state index contributed by atoms with van der Waals surface area (Å²) in [6.07, 6.45) is 0.773. The summed E-state index contributed by atoms with van der Waals surface area (Å²) in [5.74, 6) is -0.279. The highest BCUT2D eigenvalue weighted by atomic mass is 19.1. The summed E-state index contributed by atoms with van der Waals surface area (Å²) in [5, 5.41) is 2.59. The number of likely N-dealkylation sites (tertiary alicyclic amines) is 1. The first-order valence-corrected chi connectivity index (χ1v) is 9.52. The highest BCUT2D eigenvalue weighted by molar-refractivity contribution is 6.00. The summed E-state index contributed by atoms with van der Waals surface area (Å²) >= 11 is 0. The van der Waals surface area contributed by atoms with Gasteiger partial charge in [0, 0.05) is 36.3 Å². The highest BCUT2D eigenvalue weighted by Gasteiger charge is 2.34. The average molecular weight is 399 g/mol. The van der Waals surface area contributed by atoms with E-state index in [1.54, 1.807) is 4.90 Å². The van der Waals surface area contributed by atoms with Crippen LogP contribution in [0.2, 0.25) is 0 Å². The molecule has 2 aliphatic heterocycles. The van der Waals surface area contributed by atoms with Crippen LogP contribution in [-0.2, 0) is 11.2 Å². The number of nitrogens with zero attached hydrogens (tertiary/aromatic N) is 1. The Bertz CT molecular complexity index is 973. The van der Waals surface area contributed by atoms with E-state index in [-0.39, 0.29) is 29.7 Å². The first kappa shape index (κ1) is 19.0. The maximum atomic E-state index is 14.4. The summed E-state index contributed by atoms with van der Waals surface area (Å²) in [6.45, 7) is 3.25. The van der Waals surface area contributed by atoms with Gasteiger partial charge in [0.25, 0.3) is 11.8 Å². The lowest BCUT2D eigenvalue weighted by molar-refractivity contribution is -0.118. The third kappa shape index (κ3) is 3.70. The lowest BCUT2D eigenvalue weighted by Gasteiger charge is -2.39. The molecule has 8 heteroatoms. The fourth-order valence-electron chi connectivity index (χ4n) is 3.58. The number of carbonyl (C=O) groups is 2. The van der Waals surface area contributed by atoms with E-state index in [0.717, 1.165) is 23.8 Å². The first-order valence-electron chi connectivity index (χ1n) is 9.52. The van der Waals surface area contributed by atoms with Gasteiger partial charge in [0.15, 0.2) is 6.61 Å². The number of benzene rings is 2. The smallest absolute Gasteiger partial charge is 0.262 e. The predicted molar refractivity (Wildman–Crippen MR) is 106 cm³/mol. The van der Waals surface area contributed by atoms with E-state index >= 15 is 0 Å². The van der Waals surface area contributed by atoms with Gasteiger partial charge in [-0.3, -0.25) is 9.59 Å². The molecule has 0 atom stereocenters. The quantitative estimate of drug-likeness (QED) is 0.754. The second-order valence-electron chi connectivity index (χ2n) is 7.23. The summed E-state index contributed by atoms with van der Waals surface area (Å²) in [4.78, 5) is 25.7. The van der Waals surface area contributed by atoms with Crippen molar-refractivity contribution in [1.82, 2.24) is 4.90 Å². The van der Waals surface area contributed by atoms with Gasteiger partial charge < -0.3 is 25.4 Å². The maximum Gasteiger partial charge on any atom is 0.262 e. The fourth-order valence-corrected chi connectivity index (χ4v) is 3.58. The molecule has 0 aliphatic carbocycles. The molecule has 2 amide bonds. The Labute approximate surface area is 167 Å². The number of halogens is 1. The molecule has 0 aromatic heterocycles. The Balaban J connectivity index is 1.37. The van der Waals surface area contributed by atoms with Crippen LogP contribution in [0.1, 0.15) is 22.8 Å². The Morgan fingerprint density at radius 2 is 2.17 bits per heavy atom. The molecule has 29 heavy (non-hydrogen) atoms. The number of fused-ring (bicyclic) bond motifs is 1. The van der Waals surface area contributed by atoms with Gasteiger partial charge in [0.1, 0.15) is 17.3 Å². The molecule has 7 nitrogen and oxygen atoms in total. The van der Waals surface area contributed by atoms with Crippen LogP contribution in [0.4, 0.5) is 15.8 Å². The molecular weight excluding hydrogens is 377 g/mol. The van der Waals surface area contributed by atoms with E-state index in [0.29, 0.717) is 31.1 Å². The molecular formula is C21H22FN3O4. The van der Waals surface area contributed by atoms with E-state index in [2.05, 4.69) is 5.32 Å². The molecule has 2 aliphatic rings. The Kier molecular flexibility index (Phi) is 5.00. The van der Waals surface area contributed by atoms with Gasteiger partial charge >= 0.3 is 0 Å². The van der Waals surface area contributed by atoms with E-state index in [1.165, 1.54) is 6.07 Å². The van der Waals surface area contributed by atoms with E-state index in [4.69, 9.17) is 15.2 Å². The number of rotatable bonds is 5. The van der Waals surface area contributed by atoms with E-state index in [9.17, 15) is 14.0 Å². The fraction of sp³-hybridized carbons (Fsp3) is 0.333. The van der Waals surface area contributed by atoms with Gasteiger partial charge in [-0.1, -0.05) is 13.0 Å². The summed E-state index contributed by atoms with van der Waals surface area (Å²) < 4.78 is 25.4. The van der Waals surface area contributed by atoms with Gasteiger partial charge in [-0.25, -0.2) is 4.39 Å². The van der Waals surface area contributed by atoms with Gasteiger partial charge in [-0.2, -0.15) is 0 Å². The van der Waals surface area contributed by atoms with Crippen LogP contribution < -0.4 is 20.5 Å². The number of carbonyl (C=O) groups excluding carboxylic acids is 2. The number of hydrogen-bond donors (Lipinski definition) is 2. The zero-order valence-electron chi connectivity index (χ0n) is 16.0. The normalized spacial score (nSPS) is 15.8. The van der Waals surface area contributed by atoms with Crippen LogP contribution in [0, 0.1) is 11.7 Å². The van der Waals surface area contributed by atoms with Crippen molar-refractivity contribution in [3.05, 3.63) is 47.3 Å². The Morgan fingerprint density at radius 3 is 2.93 bits per heavy atom. The molecule has 0 saturated carbocycles. The van der Waals surface area contributed by atoms with Gasteiger partial charge in [-0.05, 0) is 24.6 Å². The minimum Gasteiger partial charge on any atom is -0.493 e. The van der Waals surface area contributed by atoms with Crippen LogP contribution in [0.15, 0.2) is 30.3 Å². The zero-order chi connectivity index (χ0) is 20.5. The van der Waals surface area contributed by atoms with Crippen molar-refractivity contribution in [2.24, 2.45) is 5.92 Å². The molecule has 0 bridgehead atoms. The average Bonchev–Trinajstić information content (AvgIpc) is 2.66. The highest BCUT2D eigenvalue weighted by Crippen LogP contribution is 2.32. The molecule has 0 radical (unpaired) electrons. The Hall–Kier alpha value is -3.29. The van der Waals surface area contributed by atoms with Gasteiger partial charge in [0.05, 0.1) is 17.9 Å². The largest absolute Gasteiger partial charge is 0.493 e. The molecule has 4 rings (SSSR count). The predicted octanol–water partition coefficient (Wildman–Crippen LogP) is 2.45. The summed E-state index contributed by atoms with van der Waals surface area (Å²) in [5.41, 5.74) is 7.87. The molecule has 152 valence electrons. The Morgan fingerprint density at radius 1 is 1.38 bits per heavy atom. The molecule has 3 N–H and O–H groups in total. The lowest BCUT2D eigenvalue weighted by Crippen LogP contribution is -2.52. The minimum atomic E-state index is -0.669. The maximum absolute atomic E-state index is 14.4. The van der Waals surface area contributed by atoms with E-state index in [1.807, 2.05) is 25.1 Å². The first-order chi connectivity index (χ1) is 14.0. The molecule has 2 aromatic rings. The molecule has 1 fully saturated rings. The van der Waals surface area contributed by atoms with Crippen molar-refractivity contribution in [3.63, 3.8) is 0 Å². The number of nitrogen functional groups attached to an aromatic ring is 1. The topological polar surface area (TPSA) is 93.9 Å². The summed E-state index contributed by atoms with van der Waals surface area (Å²) in [7, 11) is 0. The van der Waals surface area contributed by atoms with Gasteiger partial charge in [-0.15, -0.1) is 0 Å². The number of ether oxygens (including phenoxy) is 2. The number of anilines is 2. The van der Waals surface area contributed by atoms with Gasteiger partial charge in [0.2, 0.25) is 0 Å².